The summed E-state index contributed by atoms with van der Waals surface area (Å²) in [6.45, 7) is 1.15. The Morgan fingerprint density at radius 1 is 1.33 bits per heavy atom. The van der Waals surface area contributed by atoms with E-state index in [9.17, 15) is 14.4 Å². The van der Waals surface area contributed by atoms with E-state index in [-0.39, 0.29) is 0 Å². The van der Waals surface area contributed by atoms with Crippen molar-refractivity contribution < 1.29 is 14.4 Å². The van der Waals surface area contributed by atoms with Crippen molar-refractivity contribution in [3.8, 4) is 0 Å². The Kier molecular flexibility index (Phi) is 3.20. The molecule has 0 aliphatic heterocycles. The van der Waals surface area contributed by atoms with Crippen LogP contribution >= 0.6 is 0 Å². The molecule has 0 rings (SSSR count). The highest BCUT2D eigenvalue weighted by atomic mass is 16.2. The normalized spacial score (nSPS) is 9.44. The molecule has 3 nitrogen and oxygen atoms in total. The maximum Gasteiger partial charge on any atom is 0.221 e. The Bertz CT molecular complexity index is 167. The number of ketones is 2. The molecule has 0 amide bonds. The van der Waals surface area contributed by atoms with Gasteiger partial charge in [0.15, 0.2) is 5.78 Å². The molecule has 0 fully saturated rings. The van der Waals surface area contributed by atoms with Gasteiger partial charge in [-0.3, -0.25) is 14.4 Å². The van der Waals surface area contributed by atoms with Crippen molar-refractivity contribution in [2.75, 3.05) is 0 Å². The van der Waals surface area contributed by atoms with Crippen LogP contribution < -0.4 is 0 Å². The number of allylic oxidation sites excluding steroid dienone is 2. The molecule has 0 heterocycles. The number of carbonyl (C=O) groups is 3. The van der Waals surface area contributed by atoms with E-state index in [1.807, 2.05) is 0 Å². The lowest BCUT2D eigenvalue weighted by molar-refractivity contribution is -0.132. The first-order valence-corrected chi connectivity index (χ1v) is 2.35. The fourth-order valence-electron chi connectivity index (χ4n) is 0.244. The predicted molar refractivity (Wildman–Crippen MR) is 30.9 cm³/mol. The number of carbonyl (C=O) groups excluding carboxylic acids is 3. The van der Waals surface area contributed by atoms with Gasteiger partial charge in [0.1, 0.15) is 6.29 Å². The maximum atomic E-state index is 10.3. The molecule has 3 heteroatoms. The van der Waals surface area contributed by atoms with Gasteiger partial charge in [0.05, 0.1) is 0 Å². The minimum atomic E-state index is -0.651. The van der Waals surface area contributed by atoms with Crippen molar-refractivity contribution >= 4 is 17.9 Å². The van der Waals surface area contributed by atoms with Crippen LogP contribution in [0.25, 0.3) is 0 Å². The highest BCUT2D eigenvalue weighted by Crippen LogP contribution is 1.76. The Hall–Kier alpha value is -1.25. The standard InChI is InChI=1S/C6H6O3/c1-5(8)6(9)3-2-4-7/h2-4H,1H3/b3-2+. The van der Waals surface area contributed by atoms with Crippen molar-refractivity contribution in [2.45, 2.75) is 6.92 Å². The van der Waals surface area contributed by atoms with Crippen LogP contribution in [0.15, 0.2) is 12.2 Å². The monoisotopic (exact) mass is 126 g/mol. The van der Waals surface area contributed by atoms with Gasteiger partial charge in [-0.15, -0.1) is 0 Å². The molecule has 0 saturated heterocycles. The summed E-state index contributed by atoms with van der Waals surface area (Å²) in [4.78, 5) is 30.0. The number of hydrogen-bond donors (Lipinski definition) is 0. The van der Waals surface area contributed by atoms with Crippen molar-refractivity contribution in [2.24, 2.45) is 0 Å². The first kappa shape index (κ1) is 7.75. The van der Waals surface area contributed by atoms with E-state index in [0.29, 0.717) is 6.29 Å². The summed E-state index contributed by atoms with van der Waals surface area (Å²) in [5, 5.41) is 0. The number of rotatable bonds is 3. The fourth-order valence-corrected chi connectivity index (χ4v) is 0.244. The van der Waals surface area contributed by atoms with Crippen LogP contribution in [-0.4, -0.2) is 17.9 Å². The molecular weight excluding hydrogens is 120 g/mol. The van der Waals surface area contributed by atoms with Crippen LogP contribution in [0.1, 0.15) is 6.92 Å². The highest BCUT2D eigenvalue weighted by molar-refractivity contribution is 6.40. The fraction of sp³-hybridized carbons (Fsp3) is 0.167. The summed E-state index contributed by atoms with van der Waals surface area (Å²) in [7, 11) is 0. The second-order valence-electron chi connectivity index (χ2n) is 1.42. The number of hydrogen-bond acceptors (Lipinski definition) is 3. The SMILES string of the molecule is CC(=O)C(=O)/C=C/C=O. The third-order valence-electron chi connectivity index (χ3n) is 0.673. The molecule has 0 aromatic rings. The average molecular weight is 126 g/mol. The molecule has 0 N–H and O–H groups in total. The van der Waals surface area contributed by atoms with Gasteiger partial charge < -0.3 is 0 Å². The van der Waals surface area contributed by atoms with E-state index < -0.39 is 11.6 Å². The molecule has 0 spiro atoms. The summed E-state index contributed by atoms with van der Waals surface area (Å²) in [5.41, 5.74) is 0. The van der Waals surface area contributed by atoms with Crippen LogP contribution in [0.4, 0.5) is 0 Å². The number of Topliss-reactive ketones (excluding diaryl/α,β-unsaturated/α-hetero) is 1. The van der Waals surface area contributed by atoms with Gasteiger partial charge in [0, 0.05) is 6.92 Å². The predicted octanol–water partition coefficient (Wildman–Crippen LogP) is -0.100. The summed E-state index contributed by atoms with van der Waals surface area (Å²) >= 11 is 0. The minimum Gasteiger partial charge on any atom is -0.299 e. The third kappa shape index (κ3) is 3.34. The minimum absolute atomic E-state index is 0.445. The van der Waals surface area contributed by atoms with Crippen molar-refractivity contribution in [1.29, 1.82) is 0 Å². The molecule has 0 atom stereocenters. The molecule has 0 radical (unpaired) electrons. The summed E-state index contributed by atoms with van der Waals surface area (Å²) in [6.07, 6.45) is 2.37. The molecule has 0 saturated carbocycles. The topological polar surface area (TPSA) is 51.2 Å². The van der Waals surface area contributed by atoms with Crippen LogP contribution in [-0.2, 0) is 14.4 Å². The highest BCUT2D eigenvalue weighted by Gasteiger charge is 1.99. The van der Waals surface area contributed by atoms with Gasteiger partial charge in [-0.05, 0) is 12.2 Å². The van der Waals surface area contributed by atoms with Gasteiger partial charge in [-0.25, -0.2) is 0 Å². The summed E-state index contributed by atoms with van der Waals surface area (Å²) < 4.78 is 0. The molecule has 0 aliphatic rings. The molecule has 48 valence electrons. The largest absolute Gasteiger partial charge is 0.299 e. The first-order valence-electron chi connectivity index (χ1n) is 2.35. The van der Waals surface area contributed by atoms with Crippen LogP contribution in [0, 0.1) is 0 Å². The van der Waals surface area contributed by atoms with E-state index in [1.54, 1.807) is 0 Å². The van der Waals surface area contributed by atoms with Gasteiger partial charge >= 0.3 is 0 Å². The zero-order valence-corrected chi connectivity index (χ0v) is 4.96. The summed E-state index contributed by atoms with van der Waals surface area (Å²) in [5.74, 6) is -1.21. The second kappa shape index (κ2) is 3.72. The van der Waals surface area contributed by atoms with Crippen LogP contribution in [0.5, 0.6) is 0 Å². The molecule has 0 aliphatic carbocycles. The van der Waals surface area contributed by atoms with E-state index >= 15 is 0 Å². The lowest BCUT2D eigenvalue weighted by atomic mass is 10.3. The van der Waals surface area contributed by atoms with Crippen molar-refractivity contribution in [3.63, 3.8) is 0 Å². The van der Waals surface area contributed by atoms with E-state index in [2.05, 4.69) is 0 Å². The quantitative estimate of drug-likeness (QED) is 0.301. The third-order valence-corrected chi connectivity index (χ3v) is 0.673. The van der Waals surface area contributed by atoms with E-state index in [0.717, 1.165) is 19.1 Å². The lowest BCUT2D eigenvalue weighted by Gasteiger charge is -1.78. The molecular formula is C6H6O3. The average Bonchev–Trinajstić information content (AvgIpc) is 1.82. The summed E-state index contributed by atoms with van der Waals surface area (Å²) in [6, 6.07) is 0. The number of aldehydes is 1. The Morgan fingerprint density at radius 2 is 1.89 bits per heavy atom. The molecule has 0 aromatic carbocycles. The van der Waals surface area contributed by atoms with Gasteiger partial charge in [-0.2, -0.15) is 0 Å². The van der Waals surface area contributed by atoms with E-state index in [4.69, 9.17) is 0 Å². The zero-order chi connectivity index (χ0) is 7.28. The van der Waals surface area contributed by atoms with Gasteiger partial charge in [-0.1, -0.05) is 0 Å². The maximum absolute atomic E-state index is 10.3. The second-order valence-corrected chi connectivity index (χ2v) is 1.42. The van der Waals surface area contributed by atoms with E-state index in [1.165, 1.54) is 0 Å². The van der Waals surface area contributed by atoms with Gasteiger partial charge in [0.2, 0.25) is 5.78 Å². The molecule has 0 aromatic heterocycles. The smallest absolute Gasteiger partial charge is 0.221 e. The Morgan fingerprint density at radius 3 is 2.22 bits per heavy atom. The zero-order valence-electron chi connectivity index (χ0n) is 4.96. The van der Waals surface area contributed by atoms with Crippen LogP contribution in [0.2, 0.25) is 0 Å². The van der Waals surface area contributed by atoms with Crippen molar-refractivity contribution in [3.05, 3.63) is 12.2 Å². The Labute approximate surface area is 52.4 Å². The first-order chi connectivity index (χ1) is 4.18. The molecule has 9 heavy (non-hydrogen) atoms. The lowest BCUT2D eigenvalue weighted by Crippen LogP contribution is -2.04. The Balaban J connectivity index is 3.92. The van der Waals surface area contributed by atoms with Gasteiger partial charge in [0.25, 0.3) is 0 Å². The van der Waals surface area contributed by atoms with Crippen LogP contribution in [0.3, 0.4) is 0 Å². The molecule has 0 bridgehead atoms. The molecule has 0 unspecified atom stereocenters. The van der Waals surface area contributed by atoms with Crippen molar-refractivity contribution in [1.82, 2.24) is 0 Å².